The maximum Gasteiger partial charge on any atom is 0.0817 e. The predicted octanol–water partition coefficient (Wildman–Crippen LogP) is 1.61. The Balaban J connectivity index is 2.73. The molecule has 0 aromatic heterocycles. The molecule has 0 radical (unpaired) electrons. The third-order valence-electron chi connectivity index (χ3n) is 4.21. The molecule has 114 valence electrons. The minimum absolute atomic E-state index is 0.103. The highest BCUT2D eigenvalue weighted by Gasteiger charge is 2.38. The summed E-state index contributed by atoms with van der Waals surface area (Å²) >= 11 is 0. The third kappa shape index (κ3) is 4.71. The number of likely N-dealkylation sites (N-methyl/N-ethyl adjacent to an activating group) is 1. The smallest absolute Gasteiger partial charge is 0.0817 e. The van der Waals surface area contributed by atoms with Crippen LogP contribution in [0.25, 0.3) is 0 Å². The van der Waals surface area contributed by atoms with Gasteiger partial charge >= 0.3 is 0 Å². The van der Waals surface area contributed by atoms with Crippen LogP contribution in [0.3, 0.4) is 0 Å². The van der Waals surface area contributed by atoms with Crippen molar-refractivity contribution in [3.8, 4) is 0 Å². The minimum atomic E-state index is -0.621. The Hall–Kier alpha value is -0.160. The van der Waals surface area contributed by atoms with Gasteiger partial charge in [-0.05, 0) is 18.9 Å². The summed E-state index contributed by atoms with van der Waals surface area (Å²) in [5.41, 5.74) is 5.79. The van der Waals surface area contributed by atoms with Gasteiger partial charge in [-0.2, -0.15) is 0 Å². The highest BCUT2D eigenvalue weighted by Crippen LogP contribution is 2.30. The molecule has 2 unspecified atom stereocenters. The SMILES string of the molecule is CCC(N)C(N(C)CC1(O)CCOCC1)C(C)(C)C. The topological polar surface area (TPSA) is 58.7 Å². The largest absolute Gasteiger partial charge is 0.388 e. The molecule has 1 saturated heterocycles. The van der Waals surface area contributed by atoms with Crippen LogP contribution in [0.4, 0.5) is 0 Å². The summed E-state index contributed by atoms with van der Waals surface area (Å²) < 4.78 is 5.34. The van der Waals surface area contributed by atoms with Crippen LogP contribution in [0.5, 0.6) is 0 Å². The van der Waals surface area contributed by atoms with E-state index in [2.05, 4.69) is 39.6 Å². The molecular formula is C15H32N2O2. The lowest BCUT2D eigenvalue weighted by molar-refractivity contribution is -0.0884. The number of hydrogen-bond acceptors (Lipinski definition) is 4. The molecule has 2 atom stereocenters. The normalized spacial score (nSPS) is 23.4. The highest BCUT2D eigenvalue weighted by atomic mass is 16.5. The van der Waals surface area contributed by atoms with Gasteiger partial charge in [0.05, 0.1) is 5.60 Å². The molecule has 19 heavy (non-hydrogen) atoms. The van der Waals surface area contributed by atoms with E-state index in [1.807, 2.05) is 0 Å². The molecule has 0 bridgehead atoms. The van der Waals surface area contributed by atoms with Crippen molar-refractivity contribution in [3.63, 3.8) is 0 Å². The number of hydrogen-bond donors (Lipinski definition) is 2. The van der Waals surface area contributed by atoms with Gasteiger partial charge in [-0.25, -0.2) is 0 Å². The first kappa shape index (κ1) is 16.9. The van der Waals surface area contributed by atoms with Gasteiger partial charge in [0.15, 0.2) is 0 Å². The van der Waals surface area contributed by atoms with Gasteiger partial charge in [-0.1, -0.05) is 27.7 Å². The summed E-state index contributed by atoms with van der Waals surface area (Å²) in [5.74, 6) is 0. The predicted molar refractivity (Wildman–Crippen MR) is 79.1 cm³/mol. The first-order valence-electron chi connectivity index (χ1n) is 7.45. The molecule has 0 spiro atoms. The highest BCUT2D eigenvalue weighted by molar-refractivity contribution is 4.93. The Bertz CT molecular complexity index is 270. The van der Waals surface area contributed by atoms with Crippen LogP contribution in [0.15, 0.2) is 0 Å². The quantitative estimate of drug-likeness (QED) is 0.798. The van der Waals surface area contributed by atoms with Gasteiger partial charge in [-0.15, -0.1) is 0 Å². The van der Waals surface area contributed by atoms with Crippen molar-refractivity contribution in [3.05, 3.63) is 0 Å². The van der Waals surface area contributed by atoms with Crippen molar-refractivity contribution < 1.29 is 9.84 Å². The Morgan fingerprint density at radius 2 is 1.84 bits per heavy atom. The summed E-state index contributed by atoms with van der Waals surface area (Å²) in [6, 6.07) is 0.401. The van der Waals surface area contributed by atoms with E-state index in [-0.39, 0.29) is 17.5 Å². The van der Waals surface area contributed by atoms with E-state index in [9.17, 15) is 5.11 Å². The van der Waals surface area contributed by atoms with E-state index in [4.69, 9.17) is 10.5 Å². The summed E-state index contributed by atoms with van der Waals surface area (Å²) in [7, 11) is 2.08. The molecule has 0 aromatic rings. The molecule has 0 aliphatic carbocycles. The molecule has 3 N–H and O–H groups in total. The monoisotopic (exact) mass is 272 g/mol. The fraction of sp³-hybridized carbons (Fsp3) is 1.00. The Morgan fingerprint density at radius 1 is 1.32 bits per heavy atom. The minimum Gasteiger partial charge on any atom is -0.388 e. The molecule has 0 saturated carbocycles. The zero-order valence-electron chi connectivity index (χ0n) is 13.3. The molecule has 1 aliphatic rings. The summed E-state index contributed by atoms with van der Waals surface area (Å²) in [5, 5.41) is 10.6. The molecule has 1 fully saturated rings. The standard InChI is InChI=1S/C15H32N2O2/c1-6-12(16)13(14(2,3)4)17(5)11-15(18)7-9-19-10-8-15/h12-13,18H,6-11,16H2,1-5H3. The van der Waals surface area contributed by atoms with Gasteiger partial charge in [0, 0.05) is 44.7 Å². The Kier molecular flexibility index (Phi) is 5.80. The molecular weight excluding hydrogens is 240 g/mol. The Morgan fingerprint density at radius 3 is 2.26 bits per heavy atom. The van der Waals surface area contributed by atoms with Crippen LogP contribution in [-0.2, 0) is 4.74 Å². The van der Waals surface area contributed by atoms with Crippen LogP contribution in [0.2, 0.25) is 0 Å². The van der Waals surface area contributed by atoms with E-state index < -0.39 is 5.60 Å². The van der Waals surface area contributed by atoms with Crippen molar-refractivity contribution in [2.75, 3.05) is 26.8 Å². The number of ether oxygens (including phenoxy) is 1. The zero-order chi connectivity index (χ0) is 14.7. The Labute approximate surface area is 118 Å². The number of nitrogens with zero attached hydrogens (tertiary/aromatic N) is 1. The lowest BCUT2D eigenvalue weighted by Crippen LogP contribution is -2.57. The van der Waals surface area contributed by atoms with Crippen molar-refractivity contribution in [2.45, 2.75) is 64.6 Å². The van der Waals surface area contributed by atoms with E-state index in [0.29, 0.717) is 19.8 Å². The lowest BCUT2D eigenvalue weighted by atomic mass is 9.80. The van der Waals surface area contributed by atoms with Crippen LogP contribution < -0.4 is 5.73 Å². The molecule has 0 amide bonds. The molecule has 4 heteroatoms. The van der Waals surface area contributed by atoms with E-state index >= 15 is 0 Å². The average Bonchev–Trinajstić information content (AvgIpc) is 2.27. The maximum atomic E-state index is 10.6. The van der Waals surface area contributed by atoms with Gasteiger partial charge in [-0.3, -0.25) is 4.90 Å². The molecule has 1 rings (SSSR count). The number of aliphatic hydroxyl groups is 1. The second-order valence-corrected chi connectivity index (χ2v) is 7.13. The molecule has 0 aromatic carbocycles. The van der Waals surface area contributed by atoms with Gasteiger partial charge in [0.25, 0.3) is 0 Å². The third-order valence-corrected chi connectivity index (χ3v) is 4.21. The van der Waals surface area contributed by atoms with E-state index in [1.54, 1.807) is 0 Å². The van der Waals surface area contributed by atoms with Crippen molar-refractivity contribution in [2.24, 2.45) is 11.1 Å². The van der Waals surface area contributed by atoms with Gasteiger partial charge < -0.3 is 15.6 Å². The maximum absolute atomic E-state index is 10.6. The number of nitrogens with two attached hydrogens (primary N) is 1. The average molecular weight is 272 g/mol. The van der Waals surface area contributed by atoms with Crippen LogP contribution in [0.1, 0.15) is 47.0 Å². The van der Waals surface area contributed by atoms with E-state index in [0.717, 1.165) is 19.3 Å². The fourth-order valence-corrected chi connectivity index (χ4v) is 3.33. The lowest BCUT2D eigenvalue weighted by Gasteiger charge is -2.45. The van der Waals surface area contributed by atoms with E-state index in [1.165, 1.54) is 0 Å². The van der Waals surface area contributed by atoms with Gasteiger partial charge in [0.1, 0.15) is 0 Å². The fourth-order valence-electron chi connectivity index (χ4n) is 3.33. The van der Waals surface area contributed by atoms with Crippen LogP contribution >= 0.6 is 0 Å². The first-order valence-corrected chi connectivity index (χ1v) is 7.45. The van der Waals surface area contributed by atoms with Gasteiger partial charge in [0.2, 0.25) is 0 Å². The summed E-state index contributed by atoms with van der Waals surface area (Å²) in [6.07, 6.45) is 2.39. The van der Waals surface area contributed by atoms with Crippen molar-refractivity contribution in [1.29, 1.82) is 0 Å². The number of rotatable bonds is 5. The molecule has 4 nitrogen and oxygen atoms in total. The first-order chi connectivity index (χ1) is 8.69. The molecule has 1 aliphatic heterocycles. The second-order valence-electron chi connectivity index (χ2n) is 7.13. The van der Waals surface area contributed by atoms with Crippen LogP contribution in [0, 0.1) is 5.41 Å². The van der Waals surface area contributed by atoms with Crippen LogP contribution in [-0.4, -0.2) is 54.5 Å². The van der Waals surface area contributed by atoms with Crippen molar-refractivity contribution in [1.82, 2.24) is 4.90 Å². The zero-order valence-corrected chi connectivity index (χ0v) is 13.3. The summed E-state index contributed by atoms with van der Waals surface area (Å²) in [6.45, 7) is 10.8. The van der Waals surface area contributed by atoms with Crippen molar-refractivity contribution >= 4 is 0 Å². The summed E-state index contributed by atoms with van der Waals surface area (Å²) in [4.78, 5) is 2.25. The second kappa shape index (κ2) is 6.53. The molecule has 1 heterocycles.